The zero-order valence-electron chi connectivity index (χ0n) is 17.6. The molecule has 164 valence electrons. The second-order valence-electron chi connectivity index (χ2n) is 7.04. The highest BCUT2D eigenvalue weighted by atomic mass is 16.5. The largest absolute Gasteiger partial charge is 0.497 e. The van der Waals surface area contributed by atoms with Crippen molar-refractivity contribution in [1.29, 1.82) is 0 Å². The third-order valence-electron chi connectivity index (χ3n) is 4.85. The number of amides is 1. The minimum absolute atomic E-state index is 0.143. The predicted octanol–water partition coefficient (Wildman–Crippen LogP) is 3.61. The van der Waals surface area contributed by atoms with Crippen LogP contribution in [0, 0.1) is 0 Å². The molecular formula is C23H20N2O7. The van der Waals surface area contributed by atoms with Crippen LogP contribution in [0.1, 0.15) is 23.0 Å². The van der Waals surface area contributed by atoms with Gasteiger partial charge in [0.15, 0.2) is 0 Å². The van der Waals surface area contributed by atoms with Gasteiger partial charge in [0.25, 0.3) is 0 Å². The maximum Gasteiger partial charge on any atom is 0.355 e. The fourth-order valence-corrected chi connectivity index (χ4v) is 3.42. The molecule has 0 spiro atoms. The standard InChI is InChI=1S/C23H20N2O7/c1-12(26)24-15-4-5-17-14(8-21(27)32-19(17)9-15)11-31-23(28)18-7-13-6-16(29-2)10-20(30-3)22(13)25-18/h4-10,25H,11H2,1-3H3,(H,24,26). The van der Waals surface area contributed by atoms with Crippen molar-refractivity contribution in [2.45, 2.75) is 13.5 Å². The quantitative estimate of drug-likeness (QED) is 0.350. The molecule has 0 saturated heterocycles. The number of rotatable bonds is 6. The summed E-state index contributed by atoms with van der Waals surface area (Å²) in [5.41, 5.74) is 1.52. The zero-order chi connectivity index (χ0) is 22.8. The molecule has 0 aliphatic rings. The van der Waals surface area contributed by atoms with Crippen LogP contribution in [0.15, 0.2) is 51.7 Å². The van der Waals surface area contributed by atoms with Gasteiger partial charge in [-0.25, -0.2) is 9.59 Å². The summed E-state index contributed by atoms with van der Waals surface area (Å²) in [7, 11) is 3.07. The lowest BCUT2D eigenvalue weighted by molar-refractivity contribution is -0.114. The minimum atomic E-state index is -0.599. The van der Waals surface area contributed by atoms with Gasteiger partial charge in [-0.1, -0.05) is 0 Å². The Labute approximate surface area is 181 Å². The molecule has 2 aromatic carbocycles. The molecule has 4 rings (SSSR count). The van der Waals surface area contributed by atoms with Crippen LogP contribution in [-0.2, 0) is 16.1 Å². The van der Waals surface area contributed by atoms with Crippen LogP contribution in [-0.4, -0.2) is 31.1 Å². The number of aromatic nitrogens is 1. The van der Waals surface area contributed by atoms with Crippen molar-refractivity contribution in [2.75, 3.05) is 19.5 Å². The van der Waals surface area contributed by atoms with Crippen molar-refractivity contribution < 1.29 is 28.2 Å². The lowest BCUT2D eigenvalue weighted by Gasteiger charge is -2.08. The molecule has 9 heteroatoms. The summed E-state index contributed by atoms with van der Waals surface area (Å²) in [6, 6.07) is 11.3. The Kier molecular flexibility index (Phi) is 5.55. The molecule has 0 bridgehead atoms. The number of carbonyl (C=O) groups excluding carboxylic acids is 2. The van der Waals surface area contributed by atoms with E-state index in [0.29, 0.717) is 33.7 Å². The Balaban J connectivity index is 1.60. The third-order valence-corrected chi connectivity index (χ3v) is 4.85. The van der Waals surface area contributed by atoms with E-state index in [0.717, 1.165) is 5.39 Å². The van der Waals surface area contributed by atoms with Crippen molar-refractivity contribution in [3.05, 3.63) is 64.1 Å². The molecule has 0 saturated carbocycles. The number of H-pyrrole nitrogens is 1. The van der Waals surface area contributed by atoms with Gasteiger partial charge >= 0.3 is 11.6 Å². The fraction of sp³-hybridized carbons (Fsp3) is 0.174. The Morgan fingerprint density at radius 3 is 2.59 bits per heavy atom. The average Bonchev–Trinajstić information content (AvgIpc) is 3.20. The molecule has 0 unspecified atom stereocenters. The van der Waals surface area contributed by atoms with E-state index in [-0.39, 0.29) is 23.8 Å². The van der Waals surface area contributed by atoms with E-state index < -0.39 is 11.6 Å². The van der Waals surface area contributed by atoms with E-state index in [1.54, 1.807) is 43.5 Å². The molecule has 32 heavy (non-hydrogen) atoms. The van der Waals surface area contributed by atoms with Gasteiger partial charge in [0.1, 0.15) is 29.4 Å². The molecule has 0 fully saturated rings. The number of anilines is 1. The van der Waals surface area contributed by atoms with Gasteiger partial charge in [-0.15, -0.1) is 0 Å². The first kappa shape index (κ1) is 21.0. The normalized spacial score (nSPS) is 10.8. The molecule has 9 nitrogen and oxygen atoms in total. The highest BCUT2D eigenvalue weighted by Crippen LogP contribution is 2.31. The van der Waals surface area contributed by atoms with Crippen LogP contribution in [0.25, 0.3) is 21.9 Å². The van der Waals surface area contributed by atoms with Gasteiger partial charge in [0.05, 0.1) is 19.7 Å². The van der Waals surface area contributed by atoms with Gasteiger partial charge in [-0.2, -0.15) is 0 Å². The lowest BCUT2D eigenvalue weighted by atomic mass is 10.1. The highest BCUT2D eigenvalue weighted by Gasteiger charge is 2.16. The second kappa shape index (κ2) is 8.46. The van der Waals surface area contributed by atoms with Crippen LogP contribution in [0.5, 0.6) is 11.5 Å². The van der Waals surface area contributed by atoms with E-state index in [1.807, 2.05) is 0 Å². The SMILES string of the molecule is COc1cc(OC)c2[nH]c(C(=O)OCc3cc(=O)oc4cc(NC(C)=O)ccc34)cc2c1. The smallest absolute Gasteiger partial charge is 0.355 e. The minimum Gasteiger partial charge on any atom is -0.497 e. The molecule has 0 atom stereocenters. The van der Waals surface area contributed by atoms with Crippen LogP contribution in [0.2, 0.25) is 0 Å². The Morgan fingerprint density at radius 2 is 1.88 bits per heavy atom. The number of nitrogens with one attached hydrogen (secondary N) is 2. The van der Waals surface area contributed by atoms with Crippen molar-refractivity contribution in [3.63, 3.8) is 0 Å². The summed E-state index contributed by atoms with van der Waals surface area (Å²) in [6.07, 6.45) is 0. The molecular weight excluding hydrogens is 416 g/mol. The van der Waals surface area contributed by atoms with Crippen molar-refractivity contribution in [3.8, 4) is 11.5 Å². The Hall–Kier alpha value is -4.27. The molecule has 2 aromatic heterocycles. The number of esters is 1. The summed E-state index contributed by atoms with van der Waals surface area (Å²) in [5.74, 6) is 0.275. The van der Waals surface area contributed by atoms with Gasteiger partial charge in [-0.3, -0.25) is 4.79 Å². The lowest BCUT2D eigenvalue weighted by Crippen LogP contribution is -2.09. The van der Waals surface area contributed by atoms with E-state index in [4.69, 9.17) is 18.6 Å². The van der Waals surface area contributed by atoms with Crippen LogP contribution >= 0.6 is 0 Å². The fourth-order valence-electron chi connectivity index (χ4n) is 3.42. The number of benzene rings is 2. The summed E-state index contributed by atoms with van der Waals surface area (Å²) in [6.45, 7) is 1.24. The van der Waals surface area contributed by atoms with E-state index >= 15 is 0 Å². The molecule has 2 N–H and O–H groups in total. The third kappa shape index (κ3) is 4.13. The number of methoxy groups -OCH3 is 2. The monoisotopic (exact) mass is 436 g/mol. The van der Waals surface area contributed by atoms with Crippen LogP contribution in [0.4, 0.5) is 5.69 Å². The predicted molar refractivity (Wildman–Crippen MR) is 117 cm³/mol. The maximum absolute atomic E-state index is 12.7. The molecule has 0 radical (unpaired) electrons. The number of hydrogen-bond donors (Lipinski definition) is 2. The van der Waals surface area contributed by atoms with Gasteiger partial charge in [0, 0.05) is 47.1 Å². The van der Waals surface area contributed by atoms with Gasteiger partial charge < -0.3 is 28.9 Å². The summed E-state index contributed by atoms with van der Waals surface area (Å²) < 4.78 is 21.3. The Bertz CT molecular complexity index is 1400. The van der Waals surface area contributed by atoms with Crippen molar-refractivity contribution in [1.82, 2.24) is 4.98 Å². The summed E-state index contributed by atoms with van der Waals surface area (Å²) in [4.78, 5) is 38.9. The summed E-state index contributed by atoms with van der Waals surface area (Å²) in [5, 5.41) is 3.95. The molecule has 2 heterocycles. The first-order valence-corrected chi connectivity index (χ1v) is 9.64. The number of hydrogen-bond acceptors (Lipinski definition) is 7. The highest BCUT2D eigenvalue weighted by molar-refractivity contribution is 5.97. The van der Waals surface area contributed by atoms with Crippen LogP contribution < -0.4 is 20.4 Å². The van der Waals surface area contributed by atoms with E-state index in [1.165, 1.54) is 20.1 Å². The van der Waals surface area contributed by atoms with Gasteiger partial charge in [0.2, 0.25) is 5.91 Å². The van der Waals surface area contributed by atoms with Crippen molar-refractivity contribution in [2.24, 2.45) is 0 Å². The average molecular weight is 436 g/mol. The summed E-state index contributed by atoms with van der Waals surface area (Å²) >= 11 is 0. The molecule has 4 aromatic rings. The first-order valence-electron chi connectivity index (χ1n) is 9.64. The topological polar surface area (TPSA) is 120 Å². The van der Waals surface area contributed by atoms with Crippen molar-refractivity contribution >= 4 is 39.4 Å². The zero-order valence-corrected chi connectivity index (χ0v) is 17.6. The molecule has 0 aliphatic heterocycles. The maximum atomic E-state index is 12.7. The number of fused-ring (bicyclic) bond motifs is 2. The van der Waals surface area contributed by atoms with Crippen LogP contribution in [0.3, 0.4) is 0 Å². The Morgan fingerprint density at radius 1 is 1.06 bits per heavy atom. The van der Waals surface area contributed by atoms with Gasteiger partial charge in [-0.05, 0) is 24.3 Å². The molecule has 0 aliphatic carbocycles. The number of ether oxygens (including phenoxy) is 3. The number of carbonyl (C=O) groups is 2. The van der Waals surface area contributed by atoms with E-state index in [9.17, 15) is 14.4 Å². The molecule has 1 amide bonds. The van der Waals surface area contributed by atoms with E-state index in [2.05, 4.69) is 10.3 Å². The second-order valence-corrected chi connectivity index (χ2v) is 7.04. The first-order chi connectivity index (χ1) is 15.4. The number of aromatic amines is 1.